The molecule has 0 fully saturated rings. The minimum atomic E-state index is -0.891. The third kappa shape index (κ3) is 2.93. The summed E-state index contributed by atoms with van der Waals surface area (Å²) >= 11 is 1.58. The first-order valence-electron chi connectivity index (χ1n) is 5.65. The summed E-state index contributed by atoms with van der Waals surface area (Å²) in [5.41, 5.74) is 2.83. The van der Waals surface area contributed by atoms with Crippen LogP contribution in [0.25, 0.3) is 0 Å². The van der Waals surface area contributed by atoms with Gasteiger partial charge in [-0.25, -0.2) is 4.79 Å². The molecule has 0 saturated heterocycles. The Kier molecular flexibility index (Phi) is 3.72. The van der Waals surface area contributed by atoms with E-state index in [9.17, 15) is 4.79 Å². The lowest BCUT2D eigenvalue weighted by molar-refractivity contribution is 0.0696. The van der Waals surface area contributed by atoms with Crippen molar-refractivity contribution in [3.8, 4) is 0 Å². The lowest BCUT2D eigenvalue weighted by Gasteiger charge is -2.05. The van der Waals surface area contributed by atoms with Gasteiger partial charge in [-0.3, -0.25) is 0 Å². The Bertz CT molecular complexity index is 591. The molecule has 0 aliphatic carbocycles. The number of hydrogen-bond donors (Lipinski definition) is 1. The average Bonchev–Trinajstić information content (AvgIpc) is 2.34. The summed E-state index contributed by atoms with van der Waals surface area (Å²) in [7, 11) is 0. The van der Waals surface area contributed by atoms with Gasteiger partial charge in [0, 0.05) is 9.79 Å². The summed E-state index contributed by atoms with van der Waals surface area (Å²) in [6.45, 7) is 4.15. The van der Waals surface area contributed by atoms with Crippen molar-refractivity contribution in [2.24, 2.45) is 0 Å². The summed E-state index contributed by atoms with van der Waals surface area (Å²) in [4.78, 5) is 13.0. The molecule has 2 nitrogen and oxygen atoms in total. The van der Waals surface area contributed by atoms with Crippen LogP contribution in [-0.2, 0) is 0 Å². The molecule has 2 rings (SSSR count). The molecule has 0 aromatic heterocycles. The van der Waals surface area contributed by atoms with E-state index in [4.69, 9.17) is 5.11 Å². The number of aromatic carboxylic acids is 1. The van der Waals surface area contributed by atoms with E-state index in [0.717, 1.165) is 9.79 Å². The number of rotatable bonds is 3. The fourth-order valence-electron chi connectivity index (χ4n) is 1.61. The number of aryl methyl sites for hydroxylation is 2. The van der Waals surface area contributed by atoms with Crippen molar-refractivity contribution in [2.75, 3.05) is 0 Å². The number of hydrogen-bond acceptors (Lipinski definition) is 2. The number of carbonyl (C=O) groups is 1. The van der Waals surface area contributed by atoms with Crippen LogP contribution in [0.15, 0.2) is 52.3 Å². The minimum Gasteiger partial charge on any atom is -0.478 e. The van der Waals surface area contributed by atoms with Crippen LogP contribution in [0.5, 0.6) is 0 Å². The van der Waals surface area contributed by atoms with Gasteiger partial charge >= 0.3 is 5.97 Å². The first kappa shape index (κ1) is 12.7. The maximum Gasteiger partial charge on any atom is 0.335 e. The van der Waals surface area contributed by atoms with Crippen LogP contribution in [-0.4, -0.2) is 11.1 Å². The van der Waals surface area contributed by atoms with Gasteiger partial charge in [0.15, 0.2) is 0 Å². The maximum absolute atomic E-state index is 10.9. The zero-order chi connectivity index (χ0) is 13.1. The van der Waals surface area contributed by atoms with Crippen LogP contribution in [0.2, 0.25) is 0 Å². The summed E-state index contributed by atoms with van der Waals surface area (Å²) in [5, 5.41) is 8.95. The summed E-state index contributed by atoms with van der Waals surface area (Å²) in [6, 6.07) is 13.3. The van der Waals surface area contributed by atoms with E-state index < -0.39 is 5.97 Å². The second-order valence-electron chi connectivity index (χ2n) is 4.18. The Hall–Kier alpha value is -1.74. The predicted molar refractivity (Wildman–Crippen MR) is 73.4 cm³/mol. The Balaban J connectivity index is 2.25. The van der Waals surface area contributed by atoms with Gasteiger partial charge < -0.3 is 5.11 Å². The molecule has 3 heteroatoms. The third-order valence-corrected chi connectivity index (χ3v) is 3.77. The van der Waals surface area contributed by atoms with Gasteiger partial charge in [-0.2, -0.15) is 0 Å². The van der Waals surface area contributed by atoms with Crippen molar-refractivity contribution >= 4 is 17.7 Å². The number of carboxylic acids is 1. The Labute approximate surface area is 111 Å². The summed E-state index contributed by atoms with van der Waals surface area (Å²) in [6.07, 6.45) is 0. The number of carboxylic acid groups (broad SMARTS) is 1. The molecule has 0 radical (unpaired) electrons. The summed E-state index contributed by atoms with van der Waals surface area (Å²) in [5.74, 6) is -0.891. The normalized spacial score (nSPS) is 10.3. The van der Waals surface area contributed by atoms with Crippen LogP contribution in [0.3, 0.4) is 0 Å². The van der Waals surface area contributed by atoms with Crippen molar-refractivity contribution in [1.82, 2.24) is 0 Å². The zero-order valence-electron chi connectivity index (χ0n) is 10.3. The van der Waals surface area contributed by atoms with Crippen molar-refractivity contribution in [3.63, 3.8) is 0 Å². The highest BCUT2D eigenvalue weighted by Gasteiger charge is 2.04. The van der Waals surface area contributed by atoms with Crippen molar-refractivity contribution in [3.05, 3.63) is 59.2 Å². The molecule has 2 aromatic rings. The highest BCUT2D eigenvalue weighted by Crippen LogP contribution is 2.29. The fraction of sp³-hybridized carbons (Fsp3) is 0.133. The standard InChI is InChI=1S/C15H14O2S/c1-10-6-7-14(8-11(10)2)18-13-5-3-4-12(9-13)15(16)17/h3-9H,1-2H3,(H,16,17). The molecule has 92 valence electrons. The lowest BCUT2D eigenvalue weighted by atomic mass is 10.1. The second kappa shape index (κ2) is 5.27. The van der Waals surface area contributed by atoms with Crippen LogP contribution in [0.1, 0.15) is 21.5 Å². The van der Waals surface area contributed by atoms with E-state index in [2.05, 4.69) is 32.0 Å². The summed E-state index contributed by atoms with van der Waals surface area (Å²) < 4.78 is 0. The highest BCUT2D eigenvalue weighted by molar-refractivity contribution is 7.99. The van der Waals surface area contributed by atoms with Gasteiger partial charge in [0.05, 0.1) is 5.56 Å². The fourth-order valence-corrected chi connectivity index (χ4v) is 2.58. The van der Waals surface area contributed by atoms with Crippen molar-refractivity contribution in [2.45, 2.75) is 23.6 Å². The topological polar surface area (TPSA) is 37.3 Å². The van der Waals surface area contributed by atoms with Gasteiger partial charge in [0.2, 0.25) is 0 Å². The molecule has 0 unspecified atom stereocenters. The Morgan fingerprint density at radius 3 is 2.39 bits per heavy atom. The lowest BCUT2D eigenvalue weighted by Crippen LogP contribution is -1.95. The molecule has 0 heterocycles. The first-order valence-corrected chi connectivity index (χ1v) is 6.46. The molecule has 0 amide bonds. The van der Waals surface area contributed by atoms with Crippen LogP contribution < -0.4 is 0 Å². The van der Waals surface area contributed by atoms with E-state index >= 15 is 0 Å². The molecule has 0 saturated carbocycles. The van der Waals surface area contributed by atoms with Crippen LogP contribution in [0.4, 0.5) is 0 Å². The number of benzene rings is 2. The predicted octanol–water partition coefficient (Wildman–Crippen LogP) is 4.15. The molecule has 2 aromatic carbocycles. The Morgan fingerprint density at radius 2 is 1.72 bits per heavy atom. The van der Waals surface area contributed by atoms with Crippen LogP contribution >= 0.6 is 11.8 Å². The van der Waals surface area contributed by atoms with Gasteiger partial charge in [-0.1, -0.05) is 23.9 Å². The molecule has 18 heavy (non-hydrogen) atoms. The third-order valence-electron chi connectivity index (χ3n) is 2.80. The molecular weight excluding hydrogens is 244 g/mol. The highest BCUT2D eigenvalue weighted by atomic mass is 32.2. The van der Waals surface area contributed by atoms with Crippen molar-refractivity contribution < 1.29 is 9.90 Å². The largest absolute Gasteiger partial charge is 0.478 e. The molecule has 0 atom stereocenters. The van der Waals surface area contributed by atoms with Crippen LogP contribution in [0, 0.1) is 13.8 Å². The van der Waals surface area contributed by atoms with E-state index in [1.807, 2.05) is 6.07 Å². The minimum absolute atomic E-state index is 0.323. The van der Waals surface area contributed by atoms with E-state index in [1.165, 1.54) is 11.1 Å². The molecule has 0 spiro atoms. The first-order chi connectivity index (χ1) is 8.56. The van der Waals surface area contributed by atoms with Gasteiger partial charge in [-0.05, 0) is 55.3 Å². The molecule has 1 N–H and O–H groups in total. The zero-order valence-corrected chi connectivity index (χ0v) is 11.1. The molecule has 0 aliphatic rings. The van der Waals surface area contributed by atoms with Crippen molar-refractivity contribution in [1.29, 1.82) is 0 Å². The molecule has 0 bridgehead atoms. The molecule has 0 aliphatic heterocycles. The van der Waals surface area contributed by atoms with Gasteiger partial charge in [-0.15, -0.1) is 0 Å². The van der Waals surface area contributed by atoms with Gasteiger partial charge in [0.25, 0.3) is 0 Å². The monoisotopic (exact) mass is 258 g/mol. The molecular formula is C15H14O2S. The Morgan fingerprint density at radius 1 is 1.00 bits per heavy atom. The van der Waals surface area contributed by atoms with E-state index in [0.29, 0.717) is 5.56 Å². The van der Waals surface area contributed by atoms with E-state index in [1.54, 1.807) is 30.0 Å². The van der Waals surface area contributed by atoms with Gasteiger partial charge in [0.1, 0.15) is 0 Å². The average molecular weight is 258 g/mol. The quantitative estimate of drug-likeness (QED) is 0.898. The SMILES string of the molecule is Cc1ccc(Sc2cccc(C(=O)O)c2)cc1C. The second-order valence-corrected chi connectivity index (χ2v) is 5.33. The smallest absolute Gasteiger partial charge is 0.335 e. The maximum atomic E-state index is 10.9. The van der Waals surface area contributed by atoms with E-state index in [-0.39, 0.29) is 0 Å².